The van der Waals surface area contributed by atoms with Crippen LogP contribution < -0.4 is 0 Å². The molecule has 2 heteroatoms. The zero-order valence-electron chi connectivity index (χ0n) is 12.4. The van der Waals surface area contributed by atoms with E-state index in [4.69, 9.17) is 9.47 Å². The first-order valence-electron chi connectivity index (χ1n) is 7.34. The first-order chi connectivity index (χ1) is 10.4. The van der Waals surface area contributed by atoms with E-state index in [0.717, 1.165) is 17.5 Å². The van der Waals surface area contributed by atoms with Crippen LogP contribution in [0.1, 0.15) is 36.7 Å². The lowest BCUT2D eigenvalue weighted by Crippen LogP contribution is -2.16. The lowest BCUT2D eigenvalue weighted by atomic mass is 9.98. The van der Waals surface area contributed by atoms with Crippen LogP contribution in [-0.4, -0.2) is 6.61 Å². The standard InChI is InChI=1S/C19H22O2/c1-3-15-21-19(17-13-9-6-10-14-17)18(20-4-2)16-11-7-5-8-12-16/h4-14,18-19H,2-3,15H2,1H3/t18-,19+/m1/s1. The minimum Gasteiger partial charge on any atom is -0.491 e. The molecule has 2 nitrogen and oxygen atoms in total. The van der Waals surface area contributed by atoms with Crippen LogP contribution in [0.5, 0.6) is 0 Å². The monoisotopic (exact) mass is 282 g/mol. The van der Waals surface area contributed by atoms with E-state index in [1.165, 1.54) is 6.26 Å². The van der Waals surface area contributed by atoms with Crippen molar-refractivity contribution in [1.82, 2.24) is 0 Å². The van der Waals surface area contributed by atoms with Crippen LogP contribution in [0.2, 0.25) is 0 Å². The molecule has 0 unspecified atom stereocenters. The SMILES string of the molecule is C=CO[C@H](c1ccccc1)[C@@H](OCCC)c1ccccc1. The Morgan fingerprint density at radius 3 is 1.90 bits per heavy atom. The first kappa shape index (κ1) is 15.3. The fraction of sp³-hybridized carbons (Fsp3) is 0.263. The lowest BCUT2D eigenvalue weighted by molar-refractivity contribution is -0.0468. The molecule has 0 heterocycles. The summed E-state index contributed by atoms with van der Waals surface area (Å²) in [5, 5.41) is 0. The van der Waals surface area contributed by atoms with E-state index >= 15 is 0 Å². The predicted octanol–water partition coefficient (Wildman–Crippen LogP) is 5.06. The van der Waals surface area contributed by atoms with Crippen molar-refractivity contribution >= 4 is 0 Å². The Kier molecular flexibility index (Phi) is 6.04. The summed E-state index contributed by atoms with van der Waals surface area (Å²) in [6.45, 7) is 6.51. The largest absolute Gasteiger partial charge is 0.491 e. The van der Waals surface area contributed by atoms with Crippen molar-refractivity contribution < 1.29 is 9.47 Å². The van der Waals surface area contributed by atoms with Gasteiger partial charge in [-0.3, -0.25) is 0 Å². The van der Waals surface area contributed by atoms with Crippen LogP contribution in [0.4, 0.5) is 0 Å². The van der Waals surface area contributed by atoms with E-state index < -0.39 is 0 Å². The molecule has 0 saturated carbocycles. The van der Waals surface area contributed by atoms with E-state index in [2.05, 4.69) is 37.8 Å². The zero-order valence-corrected chi connectivity index (χ0v) is 12.4. The fourth-order valence-corrected chi connectivity index (χ4v) is 2.32. The highest BCUT2D eigenvalue weighted by atomic mass is 16.5. The van der Waals surface area contributed by atoms with Crippen molar-refractivity contribution in [2.75, 3.05) is 6.61 Å². The summed E-state index contributed by atoms with van der Waals surface area (Å²) in [4.78, 5) is 0. The molecule has 0 spiro atoms. The highest BCUT2D eigenvalue weighted by molar-refractivity contribution is 5.25. The van der Waals surface area contributed by atoms with Gasteiger partial charge in [-0.15, -0.1) is 0 Å². The summed E-state index contributed by atoms with van der Waals surface area (Å²) < 4.78 is 11.9. The van der Waals surface area contributed by atoms with Crippen molar-refractivity contribution in [1.29, 1.82) is 0 Å². The molecule has 0 N–H and O–H groups in total. The molecular weight excluding hydrogens is 260 g/mol. The molecule has 0 amide bonds. The summed E-state index contributed by atoms with van der Waals surface area (Å²) in [7, 11) is 0. The fourth-order valence-electron chi connectivity index (χ4n) is 2.32. The van der Waals surface area contributed by atoms with Gasteiger partial charge in [0.25, 0.3) is 0 Å². The van der Waals surface area contributed by atoms with Gasteiger partial charge in [-0.2, -0.15) is 0 Å². The van der Waals surface area contributed by atoms with Gasteiger partial charge in [0, 0.05) is 6.61 Å². The number of rotatable bonds is 8. The molecule has 21 heavy (non-hydrogen) atoms. The van der Waals surface area contributed by atoms with Gasteiger partial charge in [-0.1, -0.05) is 74.2 Å². The summed E-state index contributed by atoms with van der Waals surface area (Å²) in [5.74, 6) is 0. The van der Waals surface area contributed by atoms with Gasteiger partial charge in [-0.25, -0.2) is 0 Å². The third-order valence-corrected chi connectivity index (χ3v) is 3.28. The zero-order chi connectivity index (χ0) is 14.9. The van der Waals surface area contributed by atoms with Gasteiger partial charge in [0.1, 0.15) is 6.10 Å². The smallest absolute Gasteiger partial charge is 0.153 e. The molecule has 0 saturated heterocycles. The van der Waals surface area contributed by atoms with Crippen molar-refractivity contribution in [3.8, 4) is 0 Å². The Morgan fingerprint density at radius 1 is 0.905 bits per heavy atom. The molecule has 0 aromatic heterocycles. The molecule has 2 atom stereocenters. The van der Waals surface area contributed by atoms with Crippen LogP contribution in [0.3, 0.4) is 0 Å². The predicted molar refractivity (Wildman–Crippen MR) is 85.9 cm³/mol. The molecule has 0 aliphatic heterocycles. The lowest BCUT2D eigenvalue weighted by Gasteiger charge is -2.27. The van der Waals surface area contributed by atoms with E-state index in [-0.39, 0.29) is 12.2 Å². The van der Waals surface area contributed by atoms with E-state index in [9.17, 15) is 0 Å². The van der Waals surface area contributed by atoms with Crippen molar-refractivity contribution in [2.24, 2.45) is 0 Å². The molecule has 0 aliphatic carbocycles. The van der Waals surface area contributed by atoms with Gasteiger partial charge in [-0.05, 0) is 17.5 Å². The van der Waals surface area contributed by atoms with Gasteiger partial charge < -0.3 is 9.47 Å². The maximum atomic E-state index is 6.07. The molecule has 0 bridgehead atoms. The average Bonchev–Trinajstić information content (AvgIpc) is 2.56. The number of hydrogen-bond donors (Lipinski definition) is 0. The van der Waals surface area contributed by atoms with E-state index in [1.807, 2.05) is 36.4 Å². The van der Waals surface area contributed by atoms with Gasteiger partial charge in [0.15, 0.2) is 6.10 Å². The second-order valence-electron chi connectivity index (χ2n) is 4.84. The first-order valence-corrected chi connectivity index (χ1v) is 7.34. The average molecular weight is 282 g/mol. The topological polar surface area (TPSA) is 18.5 Å². The van der Waals surface area contributed by atoms with Gasteiger partial charge in [0.2, 0.25) is 0 Å². The second-order valence-corrected chi connectivity index (χ2v) is 4.84. The second kappa shape index (κ2) is 8.28. The van der Waals surface area contributed by atoms with Gasteiger partial charge >= 0.3 is 0 Å². The van der Waals surface area contributed by atoms with Crippen molar-refractivity contribution in [3.05, 3.63) is 84.6 Å². The third-order valence-electron chi connectivity index (χ3n) is 3.28. The maximum Gasteiger partial charge on any atom is 0.153 e. The Morgan fingerprint density at radius 2 is 1.43 bits per heavy atom. The molecule has 0 radical (unpaired) electrons. The van der Waals surface area contributed by atoms with E-state index in [0.29, 0.717) is 6.61 Å². The minimum atomic E-state index is -0.197. The highest BCUT2D eigenvalue weighted by Gasteiger charge is 2.26. The summed E-state index contributed by atoms with van der Waals surface area (Å²) in [6, 6.07) is 20.3. The Hall–Kier alpha value is -2.06. The molecule has 0 aliphatic rings. The molecule has 110 valence electrons. The number of benzene rings is 2. The number of hydrogen-bond acceptors (Lipinski definition) is 2. The van der Waals surface area contributed by atoms with Gasteiger partial charge in [0.05, 0.1) is 6.26 Å². The minimum absolute atomic E-state index is 0.147. The van der Waals surface area contributed by atoms with Crippen LogP contribution in [0, 0.1) is 0 Å². The van der Waals surface area contributed by atoms with E-state index in [1.54, 1.807) is 0 Å². The summed E-state index contributed by atoms with van der Waals surface area (Å²) in [5.41, 5.74) is 2.20. The van der Waals surface area contributed by atoms with Crippen LogP contribution in [0.15, 0.2) is 73.5 Å². The van der Waals surface area contributed by atoms with Crippen LogP contribution >= 0.6 is 0 Å². The molecule has 2 aromatic carbocycles. The Labute approximate surface area is 127 Å². The quantitative estimate of drug-likeness (QED) is 0.630. The summed E-state index contributed by atoms with van der Waals surface area (Å²) in [6.07, 6.45) is 2.12. The molecule has 0 fully saturated rings. The third kappa shape index (κ3) is 4.20. The number of ether oxygens (including phenoxy) is 2. The van der Waals surface area contributed by atoms with Crippen LogP contribution in [-0.2, 0) is 9.47 Å². The highest BCUT2D eigenvalue weighted by Crippen LogP contribution is 2.35. The molecule has 2 rings (SSSR count). The molecular formula is C19H22O2. The van der Waals surface area contributed by atoms with Crippen molar-refractivity contribution in [2.45, 2.75) is 25.6 Å². The van der Waals surface area contributed by atoms with Crippen LogP contribution in [0.25, 0.3) is 0 Å². The maximum absolute atomic E-state index is 6.07. The summed E-state index contributed by atoms with van der Waals surface area (Å²) >= 11 is 0. The molecule has 2 aromatic rings. The van der Waals surface area contributed by atoms with Crippen molar-refractivity contribution in [3.63, 3.8) is 0 Å². The normalized spacial score (nSPS) is 13.4. The Balaban J connectivity index is 2.33. The Bertz CT molecular complexity index is 522.